The average molecular weight is 404 g/mol. The maximum absolute atomic E-state index is 13.6. The largest absolute Gasteiger partial charge is 0.465 e. The second-order valence-corrected chi connectivity index (χ2v) is 8.20. The second kappa shape index (κ2) is 7.23. The molecule has 0 saturated carbocycles. The maximum Gasteiger partial charge on any atom is 0.314 e. The summed E-state index contributed by atoms with van der Waals surface area (Å²) in [6.07, 6.45) is 2.91. The molecule has 3 aromatic rings. The first-order chi connectivity index (χ1) is 14.6. The number of para-hydroxylation sites is 1. The molecule has 0 unspecified atom stereocenters. The van der Waals surface area contributed by atoms with Crippen LogP contribution in [0.4, 0.5) is 0 Å². The first kappa shape index (κ1) is 18.8. The van der Waals surface area contributed by atoms with E-state index in [4.69, 9.17) is 4.74 Å². The molecule has 1 amide bonds. The molecule has 0 aliphatic carbocycles. The summed E-state index contributed by atoms with van der Waals surface area (Å²) in [6.45, 7) is 2.16. The summed E-state index contributed by atoms with van der Waals surface area (Å²) in [5, 5.41) is 10.9. The fraction of sp³-hybridized carbons (Fsp3) is 0.391. The number of carbonyl (C=O) groups excluding carboxylic acids is 2. The van der Waals surface area contributed by atoms with Gasteiger partial charge in [0.05, 0.1) is 17.6 Å². The van der Waals surface area contributed by atoms with Gasteiger partial charge >= 0.3 is 5.97 Å². The third-order valence-corrected chi connectivity index (χ3v) is 6.60. The number of hydrogen-bond donors (Lipinski definition) is 1. The van der Waals surface area contributed by atoms with Gasteiger partial charge in [0.15, 0.2) is 0 Å². The van der Waals surface area contributed by atoms with Crippen LogP contribution in [0.25, 0.3) is 11.0 Å². The number of benzene rings is 2. The molecule has 2 saturated heterocycles. The molecule has 7 nitrogen and oxygen atoms in total. The number of carbonyl (C=O) groups is 2. The molecule has 2 aliphatic heterocycles. The molecule has 1 N–H and O–H groups in total. The normalized spacial score (nSPS) is 25.0. The lowest BCUT2D eigenvalue weighted by atomic mass is 9.70. The minimum atomic E-state index is -0.715. The molecule has 5 rings (SSSR count). The highest BCUT2D eigenvalue weighted by atomic mass is 16.5. The molecule has 30 heavy (non-hydrogen) atoms. The van der Waals surface area contributed by atoms with Crippen LogP contribution in [0.3, 0.4) is 0 Å². The van der Waals surface area contributed by atoms with E-state index in [0.717, 1.165) is 18.4 Å². The van der Waals surface area contributed by atoms with Crippen LogP contribution in [-0.4, -0.2) is 50.9 Å². The topological polar surface area (TPSA) is 88.2 Å². The van der Waals surface area contributed by atoms with Gasteiger partial charge < -0.3 is 9.64 Å². The van der Waals surface area contributed by atoms with Crippen molar-refractivity contribution in [2.45, 2.75) is 44.7 Å². The van der Waals surface area contributed by atoms with E-state index >= 15 is 0 Å². The Hall–Kier alpha value is -3.22. The lowest BCUT2D eigenvalue weighted by Crippen LogP contribution is -2.47. The van der Waals surface area contributed by atoms with Crippen molar-refractivity contribution in [1.29, 1.82) is 0 Å². The monoisotopic (exact) mass is 404 g/mol. The lowest BCUT2D eigenvalue weighted by molar-refractivity contribution is -0.157. The van der Waals surface area contributed by atoms with Crippen LogP contribution in [0, 0.1) is 5.41 Å². The smallest absolute Gasteiger partial charge is 0.314 e. The Morgan fingerprint density at radius 1 is 1.13 bits per heavy atom. The van der Waals surface area contributed by atoms with E-state index in [-0.39, 0.29) is 24.0 Å². The number of aromatic nitrogens is 3. The SMILES string of the molecule is CCOC(=O)[C@@]1(Cc2ccccc2)C[C@H]2CC[C@@H]1N2C(=O)c1cccc2n[nH]nc12. The molecule has 0 spiro atoms. The molecule has 3 heterocycles. The van der Waals surface area contributed by atoms with Gasteiger partial charge in [-0.2, -0.15) is 15.4 Å². The zero-order valence-electron chi connectivity index (χ0n) is 16.9. The van der Waals surface area contributed by atoms with E-state index < -0.39 is 5.41 Å². The Morgan fingerprint density at radius 3 is 2.77 bits per heavy atom. The molecule has 2 aromatic carbocycles. The predicted molar refractivity (Wildman–Crippen MR) is 111 cm³/mol. The third-order valence-electron chi connectivity index (χ3n) is 6.60. The number of rotatable bonds is 5. The summed E-state index contributed by atoms with van der Waals surface area (Å²) < 4.78 is 5.54. The van der Waals surface area contributed by atoms with Crippen molar-refractivity contribution in [2.75, 3.05) is 6.61 Å². The van der Waals surface area contributed by atoms with Crippen molar-refractivity contribution in [3.63, 3.8) is 0 Å². The van der Waals surface area contributed by atoms with Gasteiger partial charge in [0, 0.05) is 12.1 Å². The minimum absolute atomic E-state index is 0.0257. The maximum atomic E-state index is 13.6. The minimum Gasteiger partial charge on any atom is -0.465 e. The number of nitrogens with one attached hydrogen (secondary N) is 1. The Morgan fingerprint density at radius 2 is 1.97 bits per heavy atom. The molecule has 3 atom stereocenters. The first-order valence-electron chi connectivity index (χ1n) is 10.5. The Bertz CT molecular complexity index is 1100. The van der Waals surface area contributed by atoms with E-state index in [0.29, 0.717) is 36.0 Å². The Kier molecular flexibility index (Phi) is 4.53. The number of esters is 1. The van der Waals surface area contributed by atoms with Gasteiger partial charge in [-0.3, -0.25) is 9.59 Å². The molecule has 2 aliphatic rings. The molecule has 2 fully saturated rings. The molecular formula is C23H24N4O3. The van der Waals surface area contributed by atoms with Crippen molar-refractivity contribution in [3.8, 4) is 0 Å². The van der Waals surface area contributed by atoms with Gasteiger partial charge in [0.1, 0.15) is 11.0 Å². The van der Waals surface area contributed by atoms with Crippen molar-refractivity contribution in [3.05, 3.63) is 59.7 Å². The standard InChI is InChI=1S/C23H24N4O3/c1-2-30-22(29)23(13-15-7-4-3-5-8-15)14-16-11-12-19(23)27(16)21(28)17-9-6-10-18-20(17)25-26-24-18/h3-10,16,19H,2,11-14H2,1H3,(H,24,25,26)/t16-,19+,23+/m1/s1. The average Bonchev–Trinajstić information content (AvgIpc) is 3.47. The number of aromatic amines is 1. The third kappa shape index (κ3) is 2.80. The lowest BCUT2D eigenvalue weighted by Gasteiger charge is -2.35. The molecule has 2 bridgehead atoms. The highest BCUT2D eigenvalue weighted by Crippen LogP contribution is 2.53. The number of nitrogens with zero attached hydrogens (tertiary/aromatic N) is 3. The van der Waals surface area contributed by atoms with Crippen LogP contribution < -0.4 is 0 Å². The Labute approximate surface area is 174 Å². The number of H-pyrrole nitrogens is 1. The van der Waals surface area contributed by atoms with Gasteiger partial charge in [0.2, 0.25) is 0 Å². The van der Waals surface area contributed by atoms with Gasteiger partial charge in [0.25, 0.3) is 5.91 Å². The fourth-order valence-corrected chi connectivity index (χ4v) is 5.39. The van der Waals surface area contributed by atoms with Gasteiger partial charge in [-0.1, -0.05) is 36.4 Å². The highest BCUT2D eigenvalue weighted by molar-refractivity contribution is 6.05. The van der Waals surface area contributed by atoms with Gasteiger partial charge in [-0.05, 0) is 50.3 Å². The molecular weight excluding hydrogens is 380 g/mol. The van der Waals surface area contributed by atoms with E-state index in [9.17, 15) is 9.59 Å². The number of amides is 1. The van der Waals surface area contributed by atoms with Gasteiger partial charge in [-0.15, -0.1) is 0 Å². The second-order valence-electron chi connectivity index (χ2n) is 8.20. The summed E-state index contributed by atoms with van der Waals surface area (Å²) >= 11 is 0. The summed E-state index contributed by atoms with van der Waals surface area (Å²) in [7, 11) is 0. The van der Waals surface area contributed by atoms with E-state index in [2.05, 4.69) is 15.4 Å². The summed E-state index contributed by atoms with van der Waals surface area (Å²) in [6, 6.07) is 15.3. The van der Waals surface area contributed by atoms with Crippen LogP contribution in [0.5, 0.6) is 0 Å². The number of hydrogen-bond acceptors (Lipinski definition) is 5. The van der Waals surface area contributed by atoms with Crippen LogP contribution in [0.15, 0.2) is 48.5 Å². The summed E-state index contributed by atoms with van der Waals surface area (Å²) in [4.78, 5) is 28.8. The predicted octanol–water partition coefficient (Wildman–Crippen LogP) is 3.13. The van der Waals surface area contributed by atoms with E-state index in [1.165, 1.54) is 0 Å². The van der Waals surface area contributed by atoms with E-state index in [1.54, 1.807) is 6.07 Å². The first-order valence-corrected chi connectivity index (χ1v) is 10.5. The van der Waals surface area contributed by atoms with Gasteiger partial charge in [-0.25, -0.2) is 0 Å². The molecule has 154 valence electrons. The van der Waals surface area contributed by atoms with Crippen molar-refractivity contribution >= 4 is 22.9 Å². The van der Waals surface area contributed by atoms with Crippen LogP contribution in [0.2, 0.25) is 0 Å². The summed E-state index contributed by atoms with van der Waals surface area (Å²) in [5.74, 6) is -0.278. The number of ether oxygens (including phenoxy) is 1. The molecule has 0 radical (unpaired) electrons. The molecule has 7 heteroatoms. The Balaban J connectivity index is 1.53. The van der Waals surface area contributed by atoms with Crippen LogP contribution in [-0.2, 0) is 16.0 Å². The van der Waals surface area contributed by atoms with Crippen molar-refractivity contribution in [2.24, 2.45) is 5.41 Å². The highest BCUT2D eigenvalue weighted by Gasteiger charge is 2.62. The quantitative estimate of drug-likeness (QED) is 0.660. The summed E-state index contributed by atoms with van der Waals surface area (Å²) in [5.41, 5.74) is 2.13. The van der Waals surface area contributed by atoms with Crippen molar-refractivity contribution < 1.29 is 14.3 Å². The fourth-order valence-electron chi connectivity index (χ4n) is 5.39. The van der Waals surface area contributed by atoms with E-state index in [1.807, 2.05) is 54.3 Å². The van der Waals surface area contributed by atoms with Crippen LogP contribution in [0.1, 0.15) is 42.1 Å². The zero-order chi connectivity index (χ0) is 20.7. The number of fused-ring (bicyclic) bond motifs is 3. The molecule has 1 aromatic heterocycles. The zero-order valence-corrected chi connectivity index (χ0v) is 16.9. The van der Waals surface area contributed by atoms with Crippen molar-refractivity contribution in [1.82, 2.24) is 20.3 Å². The van der Waals surface area contributed by atoms with Crippen LogP contribution >= 0.6 is 0 Å².